The van der Waals surface area contributed by atoms with Crippen LogP contribution in [0.5, 0.6) is 0 Å². The summed E-state index contributed by atoms with van der Waals surface area (Å²) in [4.78, 5) is 5.36. The van der Waals surface area contributed by atoms with E-state index in [4.69, 9.17) is 4.74 Å². The van der Waals surface area contributed by atoms with Crippen molar-refractivity contribution in [2.24, 2.45) is 0 Å². The van der Waals surface area contributed by atoms with E-state index in [1.54, 1.807) is 7.11 Å². The van der Waals surface area contributed by atoms with Crippen molar-refractivity contribution in [3.05, 3.63) is 59.9 Å². The van der Waals surface area contributed by atoms with Crippen molar-refractivity contribution in [2.75, 3.05) is 26.0 Å². The highest BCUT2D eigenvalue weighted by Crippen LogP contribution is 2.19. The number of thioether (sulfide) groups is 1. The molecular formula is C17H22N2OS. The molecule has 0 saturated carbocycles. The zero-order valence-electron chi connectivity index (χ0n) is 12.4. The van der Waals surface area contributed by atoms with Gasteiger partial charge in [0, 0.05) is 43.2 Å². The number of methoxy groups -OCH3 is 1. The van der Waals surface area contributed by atoms with Gasteiger partial charge in [0.25, 0.3) is 0 Å². The lowest BCUT2D eigenvalue weighted by Gasteiger charge is -2.06. The maximum absolute atomic E-state index is 5.01. The maximum atomic E-state index is 5.01. The van der Waals surface area contributed by atoms with Crippen molar-refractivity contribution in [3.8, 4) is 0 Å². The molecule has 0 aliphatic carbocycles. The maximum Gasteiger partial charge on any atom is 0.0587 e. The Morgan fingerprint density at radius 2 is 1.81 bits per heavy atom. The number of hydrogen-bond donors (Lipinski definition) is 1. The Morgan fingerprint density at radius 1 is 1.05 bits per heavy atom. The van der Waals surface area contributed by atoms with Gasteiger partial charge in [-0.2, -0.15) is 0 Å². The quantitative estimate of drug-likeness (QED) is 0.570. The third-order valence-corrected chi connectivity index (χ3v) is 4.16. The Hall–Kier alpha value is -1.36. The molecule has 4 heteroatoms. The zero-order chi connectivity index (χ0) is 14.8. The normalized spacial score (nSPS) is 10.7. The molecule has 0 aliphatic heterocycles. The molecule has 112 valence electrons. The van der Waals surface area contributed by atoms with Crippen LogP contribution in [0.15, 0.2) is 53.7 Å². The summed E-state index contributed by atoms with van der Waals surface area (Å²) in [5, 5.41) is 3.35. The van der Waals surface area contributed by atoms with Gasteiger partial charge in [-0.25, -0.2) is 0 Å². The highest BCUT2D eigenvalue weighted by atomic mass is 32.2. The molecule has 0 fully saturated rings. The average Bonchev–Trinajstić information content (AvgIpc) is 2.54. The van der Waals surface area contributed by atoms with Gasteiger partial charge < -0.3 is 10.1 Å². The predicted molar refractivity (Wildman–Crippen MR) is 88.7 cm³/mol. The van der Waals surface area contributed by atoms with Crippen LogP contribution in [0.3, 0.4) is 0 Å². The minimum atomic E-state index is 0.753. The first kappa shape index (κ1) is 16.0. The van der Waals surface area contributed by atoms with Crippen LogP contribution in [0.1, 0.15) is 11.1 Å². The molecule has 0 saturated heterocycles. The second kappa shape index (κ2) is 9.55. The highest BCUT2D eigenvalue weighted by Gasteiger charge is 1.97. The van der Waals surface area contributed by atoms with E-state index >= 15 is 0 Å². The highest BCUT2D eigenvalue weighted by molar-refractivity contribution is 7.99. The molecule has 1 N–H and O–H groups in total. The summed E-state index contributed by atoms with van der Waals surface area (Å²) >= 11 is 1.90. The van der Waals surface area contributed by atoms with E-state index in [2.05, 4.69) is 46.7 Å². The van der Waals surface area contributed by atoms with Crippen LogP contribution >= 0.6 is 11.8 Å². The van der Waals surface area contributed by atoms with E-state index in [1.165, 1.54) is 16.0 Å². The molecule has 1 aromatic carbocycles. The summed E-state index contributed by atoms with van der Waals surface area (Å²) in [6, 6.07) is 12.9. The van der Waals surface area contributed by atoms with Crippen molar-refractivity contribution in [1.82, 2.24) is 10.3 Å². The summed E-state index contributed by atoms with van der Waals surface area (Å²) in [5.41, 5.74) is 2.65. The minimum absolute atomic E-state index is 0.753. The third kappa shape index (κ3) is 6.29. The number of aromatic nitrogens is 1. The van der Waals surface area contributed by atoms with E-state index in [9.17, 15) is 0 Å². The second-order valence-electron chi connectivity index (χ2n) is 4.77. The Labute approximate surface area is 131 Å². The second-order valence-corrected chi connectivity index (χ2v) is 5.94. The Morgan fingerprint density at radius 3 is 2.52 bits per heavy atom. The fourth-order valence-corrected chi connectivity index (χ4v) is 2.85. The van der Waals surface area contributed by atoms with E-state index < -0.39 is 0 Å². The van der Waals surface area contributed by atoms with Crippen molar-refractivity contribution in [3.63, 3.8) is 0 Å². The summed E-state index contributed by atoms with van der Waals surface area (Å²) in [6.45, 7) is 2.53. The average molecular weight is 302 g/mol. The van der Waals surface area contributed by atoms with Gasteiger partial charge in [-0.1, -0.05) is 12.1 Å². The van der Waals surface area contributed by atoms with Crippen LogP contribution in [-0.4, -0.2) is 31.0 Å². The van der Waals surface area contributed by atoms with Crippen LogP contribution in [0.4, 0.5) is 0 Å². The Balaban J connectivity index is 1.69. The number of pyridine rings is 1. The molecule has 0 spiro atoms. The van der Waals surface area contributed by atoms with Gasteiger partial charge in [0.15, 0.2) is 0 Å². The Bertz CT molecular complexity index is 502. The molecule has 21 heavy (non-hydrogen) atoms. The molecule has 0 bridgehead atoms. The largest absolute Gasteiger partial charge is 0.383 e. The summed E-state index contributed by atoms with van der Waals surface area (Å²) in [7, 11) is 1.72. The van der Waals surface area contributed by atoms with E-state index in [0.29, 0.717) is 0 Å². The molecule has 2 rings (SSSR count). The van der Waals surface area contributed by atoms with Gasteiger partial charge in [-0.15, -0.1) is 11.8 Å². The fraction of sp³-hybridized carbons (Fsp3) is 0.353. The lowest BCUT2D eigenvalue weighted by molar-refractivity contribution is 0.199. The number of hydrogen-bond acceptors (Lipinski definition) is 4. The van der Waals surface area contributed by atoms with Crippen LogP contribution in [0.2, 0.25) is 0 Å². The first-order valence-corrected chi connectivity index (χ1v) is 8.17. The molecule has 0 unspecified atom stereocenters. The fourth-order valence-electron chi connectivity index (χ4n) is 1.95. The van der Waals surface area contributed by atoms with Gasteiger partial charge in [0.1, 0.15) is 0 Å². The van der Waals surface area contributed by atoms with Crippen LogP contribution in [-0.2, 0) is 17.7 Å². The number of benzene rings is 1. The van der Waals surface area contributed by atoms with Crippen molar-refractivity contribution in [2.45, 2.75) is 17.9 Å². The number of nitrogens with one attached hydrogen (secondary N) is 1. The van der Waals surface area contributed by atoms with Crippen LogP contribution < -0.4 is 5.32 Å². The molecule has 1 heterocycles. The molecule has 0 amide bonds. The van der Waals surface area contributed by atoms with Gasteiger partial charge in [-0.05, 0) is 41.8 Å². The minimum Gasteiger partial charge on any atom is -0.383 e. The van der Waals surface area contributed by atoms with Gasteiger partial charge in [0.05, 0.1) is 6.61 Å². The Kier molecular flexibility index (Phi) is 7.29. The number of nitrogens with zero attached hydrogens (tertiary/aromatic N) is 1. The summed E-state index contributed by atoms with van der Waals surface area (Å²) in [6.07, 6.45) is 4.78. The topological polar surface area (TPSA) is 34.1 Å². The van der Waals surface area contributed by atoms with Gasteiger partial charge in [0.2, 0.25) is 0 Å². The van der Waals surface area contributed by atoms with Crippen molar-refractivity contribution >= 4 is 11.8 Å². The van der Waals surface area contributed by atoms with E-state index in [-0.39, 0.29) is 0 Å². The monoisotopic (exact) mass is 302 g/mol. The molecule has 0 radical (unpaired) electrons. The number of rotatable bonds is 9. The van der Waals surface area contributed by atoms with Crippen molar-refractivity contribution < 1.29 is 4.74 Å². The molecule has 3 nitrogen and oxygen atoms in total. The standard InChI is InChI=1S/C17H22N2OS/c1-20-12-11-19-14-16-2-4-17(5-3-16)21-13-8-15-6-9-18-10-7-15/h2-7,9-10,19H,8,11-14H2,1H3. The molecular weight excluding hydrogens is 280 g/mol. The first-order chi connectivity index (χ1) is 10.4. The van der Waals surface area contributed by atoms with Crippen LogP contribution in [0, 0.1) is 0 Å². The van der Waals surface area contributed by atoms with Gasteiger partial charge in [-0.3, -0.25) is 4.98 Å². The number of aryl methyl sites for hydroxylation is 1. The van der Waals surface area contributed by atoms with Crippen molar-refractivity contribution in [1.29, 1.82) is 0 Å². The number of ether oxygens (including phenoxy) is 1. The van der Waals surface area contributed by atoms with Gasteiger partial charge >= 0.3 is 0 Å². The van der Waals surface area contributed by atoms with E-state index in [0.717, 1.165) is 31.9 Å². The van der Waals surface area contributed by atoms with Crippen LogP contribution in [0.25, 0.3) is 0 Å². The molecule has 1 aromatic heterocycles. The zero-order valence-corrected chi connectivity index (χ0v) is 13.2. The lowest BCUT2D eigenvalue weighted by Crippen LogP contribution is -2.18. The summed E-state index contributed by atoms with van der Waals surface area (Å²) in [5.74, 6) is 1.09. The molecule has 0 atom stereocenters. The lowest BCUT2D eigenvalue weighted by atomic mass is 10.2. The summed E-state index contributed by atoms with van der Waals surface area (Å²) < 4.78 is 5.01. The first-order valence-electron chi connectivity index (χ1n) is 7.19. The van der Waals surface area contributed by atoms with E-state index in [1.807, 2.05) is 24.2 Å². The smallest absolute Gasteiger partial charge is 0.0587 e. The SMILES string of the molecule is COCCNCc1ccc(SCCc2ccncc2)cc1. The predicted octanol–water partition coefficient (Wildman–Crippen LogP) is 3.15. The third-order valence-electron chi connectivity index (χ3n) is 3.14. The molecule has 2 aromatic rings. The molecule has 0 aliphatic rings.